The number of fused-ring (bicyclic) bond motifs is 1. The van der Waals surface area contributed by atoms with E-state index in [1.54, 1.807) is 0 Å². The van der Waals surface area contributed by atoms with E-state index in [1.807, 2.05) is 24.3 Å². The highest BCUT2D eigenvalue weighted by molar-refractivity contribution is 5.77. The van der Waals surface area contributed by atoms with Crippen LogP contribution in [0.2, 0.25) is 0 Å². The van der Waals surface area contributed by atoms with Gasteiger partial charge in [-0.15, -0.1) is 0 Å². The molecule has 3 aromatic rings. The molecule has 2 heterocycles. The minimum absolute atomic E-state index is 0.0547. The summed E-state index contributed by atoms with van der Waals surface area (Å²) in [6.45, 7) is 11.6. The Labute approximate surface area is 172 Å². The van der Waals surface area contributed by atoms with Gasteiger partial charge in [-0.25, -0.2) is 4.98 Å². The molecular weight excluding hydrogens is 360 g/mol. The Hall–Kier alpha value is -2.50. The fraction of sp³-hybridized carbons (Fsp3) is 0.417. The van der Waals surface area contributed by atoms with E-state index in [2.05, 4.69) is 59.8 Å². The molecule has 1 N–H and O–H groups in total. The van der Waals surface area contributed by atoms with Crippen LogP contribution in [0.15, 0.2) is 53.3 Å². The van der Waals surface area contributed by atoms with Crippen LogP contribution < -0.4 is 5.56 Å². The molecule has 152 valence electrons. The van der Waals surface area contributed by atoms with E-state index in [0.29, 0.717) is 11.3 Å². The van der Waals surface area contributed by atoms with Gasteiger partial charge in [-0.05, 0) is 36.1 Å². The molecule has 1 aromatic heterocycles. The second kappa shape index (κ2) is 8.47. The predicted molar refractivity (Wildman–Crippen MR) is 118 cm³/mol. The third kappa shape index (κ3) is 4.41. The number of aromatic nitrogens is 2. The number of hydrogen-bond acceptors (Lipinski definition) is 4. The second-order valence-corrected chi connectivity index (χ2v) is 8.35. The van der Waals surface area contributed by atoms with E-state index in [-0.39, 0.29) is 11.6 Å². The predicted octanol–water partition coefficient (Wildman–Crippen LogP) is 3.93. The fourth-order valence-electron chi connectivity index (χ4n) is 4.05. The van der Waals surface area contributed by atoms with Crippen LogP contribution in [0.3, 0.4) is 0 Å². The van der Waals surface area contributed by atoms with Crippen LogP contribution in [0.5, 0.6) is 0 Å². The van der Waals surface area contributed by atoms with E-state index in [0.717, 1.165) is 44.1 Å². The first kappa shape index (κ1) is 19.8. The third-order valence-electron chi connectivity index (χ3n) is 6.03. The molecule has 2 aromatic carbocycles. The molecule has 0 bridgehead atoms. The van der Waals surface area contributed by atoms with Gasteiger partial charge in [0.15, 0.2) is 0 Å². The Kier molecular flexibility index (Phi) is 5.79. The van der Waals surface area contributed by atoms with Crippen molar-refractivity contribution in [2.45, 2.75) is 39.3 Å². The van der Waals surface area contributed by atoms with E-state index in [4.69, 9.17) is 4.98 Å². The van der Waals surface area contributed by atoms with Crippen molar-refractivity contribution in [1.82, 2.24) is 19.8 Å². The van der Waals surface area contributed by atoms with Crippen LogP contribution in [0.4, 0.5) is 0 Å². The number of hydrogen-bond donors (Lipinski definition) is 1. The molecule has 5 nitrogen and oxygen atoms in total. The molecule has 5 heteroatoms. The molecule has 4 rings (SSSR count). The van der Waals surface area contributed by atoms with Gasteiger partial charge >= 0.3 is 0 Å². The summed E-state index contributed by atoms with van der Waals surface area (Å²) in [7, 11) is 0. The maximum atomic E-state index is 12.4. The lowest BCUT2D eigenvalue weighted by molar-refractivity contribution is 0.0948. The SMILES string of the molecule is CC(C)c1ccc(CN2CCN([C@@H](C)c3nc4ccccc4c(=O)[nH]3)CC2)cc1. The van der Waals surface area contributed by atoms with Crippen molar-refractivity contribution in [3.05, 3.63) is 75.8 Å². The smallest absolute Gasteiger partial charge is 0.258 e. The molecule has 0 saturated carbocycles. The second-order valence-electron chi connectivity index (χ2n) is 8.35. The Balaban J connectivity index is 1.38. The van der Waals surface area contributed by atoms with Crippen LogP contribution in [0.25, 0.3) is 10.9 Å². The first-order chi connectivity index (χ1) is 14.0. The zero-order chi connectivity index (χ0) is 20.4. The van der Waals surface area contributed by atoms with Gasteiger partial charge in [0.1, 0.15) is 5.82 Å². The normalized spacial score (nSPS) is 17.1. The number of benzene rings is 2. The molecular formula is C24H30N4O. The molecule has 1 atom stereocenters. The zero-order valence-corrected chi connectivity index (χ0v) is 17.6. The van der Waals surface area contributed by atoms with Gasteiger partial charge in [0.2, 0.25) is 0 Å². The van der Waals surface area contributed by atoms with Crippen molar-refractivity contribution in [2.24, 2.45) is 0 Å². The van der Waals surface area contributed by atoms with Crippen molar-refractivity contribution in [3.63, 3.8) is 0 Å². The first-order valence-corrected chi connectivity index (χ1v) is 10.6. The lowest BCUT2D eigenvalue weighted by Gasteiger charge is -2.37. The lowest BCUT2D eigenvalue weighted by atomic mass is 10.0. The van der Waals surface area contributed by atoms with Crippen LogP contribution in [-0.2, 0) is 6.54 Å². The highest BCUT2D eigenvalue weighted by atomic mass is 16.1. The quantitative estimate of drug-likeness (QED) is 0.717. The summed E-state index contributed by atoms with van der Waals surface area (Å²) < 4.78 is 0. The third-order valence-corrected chi connectivity index (χ3v) is 6.03. The molecule has 0 unspecified atom stereocenters. The zero-order valence-electron chi connectivity index (χ0n) is 17.6. The number of para-hydroxylation sites is 1. The number of nitrogens with zero attached hydrogens (tertiary/aromatic N) is 3. The number of piperazine rings is 1. The topological polar surface area (TPSA) is 52.2 Å². The minimum atomic E-state index is -0.0547. The average molecular weight is 391 g/mol. The lowest BCUT2D eigenvalue weighted by Crippen LogP contribution is -2.47. The molecule has 0 amide bonds. The van der Waals surface area contributed by atoms with Crippen molar-refractivity contribution < 1.29 is 0 Å². The summed E-state index contributed by atoms with van der Waals surface area (Å²) in [5.41, 5.74) is 3.48. The summed E-state index contributed by atoms with van der Waals surface area (Å²) in [6.07, 6.45) is 0. The van der Waals surface area contributed by atoms with Crippen LogP contribution in [-0.4, -0.2) is 45.9 Å². The number of H-pyrrole nitrogens is 1. The summed E-state index contributed by atoms with van der Waals surface area (Å²) in [5.74, 6) is 1.33. The Morgan fingerprint density at radius 3 is 2.34 bits per heavy atom. The molecule has 1 aliphatic heterocycles. The molecule has 1 saturated heterocycles. The summed E-state index contributed by atoms with van der Waals surface area (Å²) in [4.78, 5) is 25.0. The summed E-state index contributed by atoms with van der Waals surface area (Å²) in [5, 5.41) is 0.650. The van der Waals surface area contributed by atoms with Gasteiger partial charge in [-0.3, -0.25) is 14.6 Å². The molecule has 1 aliphatic rings. The van der Waals surface area contributed by atoms with Crippen molar-refractivity contribution in [1.29, 1.82) is 0 Å². The van der Waals surface area contributed by atoms with Crippen LogP contribution in [0.1, 0.15) is 49.7 Å². The molecule has 29 heavy (non-hydrogen) atoms. The average Bonchev–Trinajstić information content (AvgIpc) is 2.74. The molecule has 1 fully saturated rings. The van der Waals surface area contributed by atoms with E-state index < -0.39 is 0 Å². The van der Waals surface area contributed by atoms with Gasteiger partial charge < -0.3 is 4.98 Å². The standard InChI is InChI=1S/C24H30N4O/c1-17(2)20-10-8-19(9-11-20)16-27-12-14-28(15-13-27)18(3)23-25-22-7-5-4-6-21(22)24(29)26-23/h4-11,17-18H,12-16H2,1-3H3,(H,25,26,29)/t18-/m0/s1. The van der Waals surface area contributed by atoms with Crippen molar-refractivity contribution in [3.8, 4) is 0 Å². The summed E-state index contributed by atoms with van der Waals surface area (Å²) in [6, 6.07) is 16.6. The number of nitrogens with one attached hydrogen (secondary N) is 1. The molecule has 0 radical (unpaired) electrons. The Morgan fingerprint density at radius 1 is 0.966 bits per heavy atom. The highest BCUT2D eigenvalue weighted by Gasteiger charge is 2.24. The van der Waals surface area contributed by atoms with Gasteiger partial charge in [-0.1, -0.05) is 50.2 Å². The van der Waals surface area contributed by atoms with Crippen molar-refractivity contribution >= 4 is 10.9 Å². The van der Waals surface area contributed by atoms with Crippen LogP contribution in [0, 0.1) is 0 Å². The largest absolute Gasteiger partial charge is 0.309 e. The highest BCUT2D eigenvalue weighted by Crippen LogP contribution is 2.21. The van der Waals surface area contributed by atoms with Crippen molar-refractivity contribution in [2.75, 3.05) is 26.2 Å². The monoisotopic (exact) mass is 390 g/mol. The summed E-state index contributed by atoms with van der Waals surface area (Å²) >= 11 is 0. The maximum absolute atomic E-state index is 12.4. The van der Waals surface area contributed by atoms with E-state index in [9.17, 15) is 4.79 Å². The molecule has 0 spiro atoms. The molecule has 0 aliphatic carbocycles. The van der Waals surface area contributed by atoms with Gasteiger partial charge in [0.25, 0.3) is 5.56 Å². The van der Waals surface area contributed by atoms with Gasteiger partial charge in [-0.2, -0.15) is 0 Å². The number of aromatic amines is 1. The Bertz CT molecular complexity index is 1020. The van der Waals surface area contributed by atoms with Gasteiger partial charge in [0, 0.05) is 32.7 Å². The Morgan fingerprint density at radius 2 is 1.66 bits per heavy atom. The van der Waals surface area contributed by atoms with E-state index in [1.165, 1.54) is 11.1 Å². The maximum Gasteiger partial charge on any atom is 0.258 e. The fourth-order valence-corrected chi connectivity index (χ4v) is 4.05. The van der Waals surface area contributed by atoms with E-state index >= 15 is 0 Å². The first-order valence-electron chi connectivity index (χ1n) is 10.6. The van der Waals surface area contributed by atoms with Crippen LogP contribution >= 0.6 is 0 Å². The van der Waals surface area contributed by atoms with Gasteiger partial charge in [0.05, 0.1) is 16.9 Å². The minimum Gasteiger partial charge on any atom is -0.309 e. The number of rotatable bonds is 5.